The summed E-state index contributed by atoms with van der Waals surface area (Å²) in [6, 6.07) is 7.69. The highest BCUT2D eigenvalue weighted by Crippen LogP contribution is 2.08. The molecule has 0 saturated carbocycles. The van der Waals surface area contributed by atoms with Gasteiger partial charge in [0.2, 0.25) is 0 Å². The van der Waals surface area contributed by atoms with E-state index in [1.165, 1.54) is 0 Å². The van der Waals surface area contributed by atoms with E-state index in [9.17, 15) is 0 Å². The van der Waals surface area contributed by atoms with Gasteiger partial charge in [-0.1, -0.05) is 6.92 Å². The average Bonchev–Trinajstić information content (AvgIpc) is 3.17. The van der Waals surface area contributed by atoms with Gasteiger partial charge in [0, 0.05) is 31.7 Å². The fraction of sp³-hybridized carbons (Fsp3) is 0.333. The van der Waals surface area contributed by atoms with Crippen molar-refractivity contribution in [1.29, 1.82) is 0 Å². The maximum atomic E-state index is 4.31. The number of aryl methyl sites for hydroxylation is 1. The molecule has 1 atom stereocenters. The molecule has 0 aromatic carbocycles. The van der Waals surface area contributed by atoms with Crippen molar-refractivity contribution >= 4 is 5.82 Å². The van der Waals surface area contributed by atoms with E-state index in [1.54, 1.807) is 10.9 Å². The molecule has 0 spiro atoms. The van der Waals surface area contributed by atoms with Gasteiger partial charge in [-0.3, -0.25) is 4.68 Å². The van der Waals surface area contributed by atoms with Crippen LogP contribution in [0.4, 0.5) is 5.82 Å². The smallest absolute Gasteiger partial charge is 0.175 e. The molecule has 0 aliphatic heterocycles. The molecule has 1 N–H and O–H groups in total. The van der Waals surface area contributed by atoms with E-state index in [4.69, 9.17) is 0 Å². The lowest BCUT2D eigenvalue weighted by molar-refractivity contribution is 0.467. The van der Waals surface area contributed by atoms with E-state index < -0.39 is 0 Å². The van der Waals surface area contributed by atoms with Crippen molar-refractivity contribution in [3.8, 4) is 5.82 Å². The SMILES string of the molecule is Cc1ccn(-c2ccc(NCC(C)Cn3cccn3)nn2)n1. The van der Waals surface area contributed by atoms with Gasteiger partial charge in [0.1, 0.15) is 5.82 Å². The molecule has 3 aromatic rings. The van der Waals surface area contributed by atoms with Crippen LogP contribution in [0.1, 0.15) is 12.6 Å². The van der Waals surface area contributed by atoms with Crippen molar-refractivity contribution in [3.63, 3.8) is 0 Å². The van der Waals surface area contributed by atoms with Crippen LogP contribution in [0.25, 0.3) is 5.82 Å². The maximum Gasteiger partial charge on any atom is 0.175 e. The summed E-state index contributed by atoms with van der Waals surface area (Å²) >= 11 is 0. The summed E-state index contributed by atoms with van der Waals surface area (Å²) in [5.74, 6) is 1.92. The van der Waals surface area contributed by atoms with Crippen LogP contribution in [0.3, 0.4) is 0 Å². The number of rotatable bonds is 6. The molecule has 0 amide bonds. The van der Waals surface area contributed by atoms with Gasteiger partial charge in [-0.15, -0.1) is 10.2 Å². The molecule has 7 heteroatoms. The van der Waals surface area contributed by atoms with E-state index >= 15 is 0 Å². The van der Waals surface area contributed by atoms with E-state index in [2.05, 4.69) is 32.6 Å². The Kier molecular flexibility index (Phi) is 4.13. The van der Waals surface area contributed by atoms with Gasteiger partial charge < -0.3 is 5.32 Å². The summed E-state index contributed by atoms with van der Waals surface area (Å²) < 4.78 is 3.65. The predicted molar refractivity (Wildman–Crippen MR) is 83.8 cm³/mol. The molecule has 3 rings (SSSR count). The minimum atomic E-state index is 0.440. The largest absolute Gasteiger partial charge is 0.368 e. The second-order valence-electron chi connectivity index (χ2n) is 5.39. The molecular weight excluding hydrogens is 278 g/mol. The molecule has 3 aromatic heterocycles. The molecule has 7 nitrogen and oxygen atoms in total. The first-order valence-corrected chi connectivity index (χ1v) is 7.28. The second-order valence-corrected chi connectivity index (χ2v) is 5.39. The zero-order valence-electron chi connectivity index (χ0n) is 12.7. The Morgan fingerprint density at radius 2 is 2.09 bits per heavy atom. The first-order chi connectivity index (χ1) is 10.7. The minimum absolute atomic E-state index is 0.440. The lowest BCUT2D eigenvalue weighted by Gasteiger charge is -2.13. The molecule has 3 heterocycles. The molecule has 0 fully saturated rings. The summed E-state index contributed by atoms with van der Waals surface area (Å²) in [7, 11) is 0. The van der Waals surface area contributed by atoms with Crippen molar-refractivity contribution < 1.29 is 0 Å². The Bertz CT molecular complexity index is 700. The van der Waals surface area contributed by atoms with E-state index in [-0.39, 0.29) is 0 Å². The van der Waals surface area contributed by atoms with Gasteiger partial charge in [-0.25, -0.2) is 4.68 Å². The average molecular weight is 297 g/mol. The summed E-state index contributed by atoms with van der Waals surface area (Å²) in [6.07, 6.45) is 5.64. The van der Waals surface area contributed by atoms with Crippen molar-refractivity contribution in [2.75, 3.05) is 11.9 Å². The number of hydrogen-bond acceptors (Lipinski definition) is 5. The summed E-state index contributed by atoms with van der Waals surface area (Å²) in [6.45, 7) is 5.80. The first kappa shape index (κ1) is 14.2. The molecule has 0 saturated heterocycles. The number of nitrogens with one attached hydrogen (secondary N) is 1. The molecule has 1 unspecified atom stereocenters. The zero-order chi connectivity index (χ0) is 15.4. The first-order valence-electron chi connectivity index (χ1n) is 7.28. The summed E-state index contributed by atoms with van der Waals surface area (Å²) in [4.78, 5) is 0. The highest BCUT2D eigenvalue weighted by Gasteiger charge is 2.05. The van der Waals surface area contributed by atoms with Crippen LogP contribution in [-0.4, -0.2) is 36.3 Å². The van der Waals surface area contributed by atoms with E-state index in [0.29, 0.717) is 11.7 Å². The van der Waals surface area contributed by atoms with Crippen molar-refractivity contribution in [2.45, 2.75) is 20.4 Å². The monoisotopic (exact) mass is 297 g/mol. The topological polar surface area (TPSA) is 73.5 Å². The quantitative estimate of drug-likeness (QED) is 0.752. The van der Waals surface area contributed by atoms with Gasteiger partial charge in [0.05, 0.1) is 5.69 Å². The molecule has 0 radical (unpaired) electrons. The van der Waals surface area contributed by atoms with Crippen LogP contribution in [0, 0.1) is 12.8 Å². The third-order valence-corrected chi connectivity index (χ3v) is 3.30. The lowest BCUT2D eigenvalue weighted by atomic mass is 10.2. The Morgan fingerprint density at radius 3 is 2.73 bits per heavy atom. The molecule has 0 aliphatic carbocycles. The minimum Gasteiger partial charge on any atom is -0.368 e. The Morgan fingerprint density at radius 1 is 1.18 bits per heavy atom. The zero-order valence-corrected chi connectivity index (χ0v) is 12.7. The van der Waals surface area contributed by atoms with Crippen LogP contribution in [0.2, 0.25) is 0 Å². The third kappa shape index (κ3) is 3.49. The molecule has 0 bridgehead atoms. The van der Waals surface area contributed by atoms with Gasteiger partial charge in [0.25, 0.3) is 0 Å². The number of nitrogens with zero attached hydrogens (tertiary/aromatic N) is 6. The van der Waals surface area contributed by atoms with Crippen LogP contribution in [0.5, 0.6) is 0 Å². The van der Waals surface area contributed by atoms with E-state index in [0.717, 1.165) is 24.6 Å². The fourth-order valence-electron chi connectivity index (χ4n) is 2.16. The molecular formula is C15H19N7. The second kappa shape index (κ2) is 6.38. The Labute approximate surface area is 129 Å². The lowest BCUT2D eigenvalue weighted by Crippen LogP contribution is -2.18. The molecule has 22 heavy (non-hydrogen) atoms. The van der Waals surface area contributed by atoms with Crippen LogP contribution in [-0.2, 0) is 6.54 Å². The van der Waals surface area contributed by atoms with Crippen LogP contribution >= 0.6 is 0 Å². The van der Waals surface area contributed by atoms with Crippen LogP contribution in [0.15, 0.2) is 42.9 Å². The summed E-state index contributed by atoms with van der Waals surface area (Å²) in [5, 5.41) is 20.2. The molecule has 114 valence electrons. The Hall–Kier alpha value is -2.70. The van der Waals surface area contributed by atoms with Crippen molar-refractivity contribution in [1.82, 2.24) is 29.8 Å². The standard InChI is InChI=1S/C15H19N7/c1-12(11-21-8-3-7-17-21)10-16-14-4-5-15(19-18-14)22-9-6-13(2)20-22/h3-9,12H,10-11H2,1-2H3,(H,16,18). The Balaban J connectivity index is 1.55. The number of hydrogen-bond donors (Lipinski definition) is 1. The van der Waals surface area contributed by atoms with Gasteiger partial charge in [-0.05, 0) is 37.1 Å². The highest BCUT2D eigenvalue weighted by molar-refractivity contribution is 5.36. The van der Waals surface area contributed by atoms with E-state index in [1.807, 2.05) is 48.3 Å². The number of anilines is 1. The van der Waals surface area contributed by atoms with Crippen molar-refractivity contribution in [2.24, 2.45) is 5.92 Å². The normalized spacial score (nSPS) is 12.3. The predicted octanol–water partition coefficient (Wildman–Crippen LogP) is 1.92. The van der Waals surface area contributed by atoms with Gasteiger partial charge >= 0.3 is 0 Å². The maximum absolute atomic E-state index is 4.31. The highest BCUT2D eigenvalue weighted by atomic mass is 15.3. The third-order valence-electron chi connectivity index (χ3n) is 3.30. The van der Waals surface area contributed by atoms with Crippen molar-refractivity contribution in [3.05, 3.63) is 48.5 Å². The molecule has 0 aliphatic rings. The van der Waals surface area contributed by atoms with Gasteiger partial charge in [-0.2, -0.15) is 10.2 Å². The van der Waals surface area contributed by atoms with Crippen LogP contribution < -0.4 is 5.32 Å². The fourth-order valence-corrected chi connectivity index (χ4v) is 2.16. The van der Waals surface area contributed by atoms with Gasteiger partial charge in [0.15, 0.2) is 5.82 Å². The summed E-state index contributed by atoms with van der Waals surface area (Å²) in [5.41, 5.74) is 0.955. The number of aromatic nitrogens is 6.